The molecule has 0 aliphatic heterocycles. The quantitative estimate of drug-likeness (QED) is 0.489. The van der Waals surface area contributed by atoms with E-state index in [2.05, 4.69) is 61.2 Å². The SMILES string of the molecule is CC[Si](C#Cc1ccsc1-c1cccs1)(CC)CC. The predicted molar refractivity (Wildman–Crippen MR) is 91.7 cm³/mol. The summed E-state index contributed by atoms with van der Waals surface area (Å²) in [6.45, 7) is 6.92. The minimum Gasteiger partial charge on any atom is -0.143 e. The van der Waals surface area contributed by atoms with Gasteiger partial charge in [-0.15, -0.1) is 28.2 Å². The van der Waals surface area contributed by atoms with Crippen LogP contribution in [0.1, 0.15) is 26.3 Å². The molecule has 19 heavy (non-hydrogen) atoms. The van der Waals surface area contributed by atoms with E-state index in [-0.39, 0.29) is 0 Å². The summed E-state index contributed by atoms with van der Waals surface area (Å²) in [7, 11) is -1.33. The van der Waals surface area contributed by atoms with E-state index in [1.807, 2.05) is 0 Å². The lowest BCUT2D eigenvalue weighted by molar-refractivity contribution is 1.20. The van der Waals surface area contributed by atoms with E-state index in [1.54, 1.807) is 22.7 Å². The van der Waals surface area contributed by atoms with Gasteiger partial charge in [0.2, 0.25) is 0 Å². The lowest BCUT2D eigenvalue weighted by atomic mass is 10.2. The van der Waals surface area contributed by atoms with Gasteiger partial charge in [-0.2, -0.15) is 0 Å². The van der Waals surface area contributed by atoms with Gasteiger partial charge in [-0.05, 0) is 41.0 Å². The van der Waals surface area contributed by atoms with Crippen molar-refractivity contribution in [3.05, 3.63) is 34.5 Å². The van der Waals surface area contributed by atoms with E-state index in [1.165, 1.54) is 33.5 Å². The van der Waals surface area contributed by atoms with Crippen LogP contribution in [0, 0.1) is 11.5 Å². The molecule has 0 spiro atoms. The molecule has 2 aromatic heterocycles. The summed E-state index contributed by atoms with van der Waals surface area (Å²) in [4.78, 5) is 2.68. The Labute approximate surface area is 125 Å². The van der Waals surface area contributed by atoms with Crippen LogP contribution in [0.15, 0.2) is 29.0 Å². The minimum absolute atomic E-state index is 1.22. The van der Waals surface area contributed by atoms with Gasteiger partial charge < -0.3 is 0 Å². The van der Waals surface area contributed by atoms with Crippen molar-refractivity contribution < 1.29 is 0 Å². The van der Waals surface area contributed by atoms with Gasteiger partial charge in [-0.1, -0.05) is 32.8 Å². The normalized spacial score (nSPS) is 11.1. The summed E-state index contributed by atoms with van der Waals surface area (Å²) < 4.78 is 0. The maximum absolute atomic E-state index is 3.69. The molecule has 0 fully saturated rings. The maximum atomic E-state index is 3.69. The Morgan fingerprint density at radius 2 is 1.74 bits per heavy atom. The molecule has 0 aromatic carbocycles. The van der Waals surface area contributed by atoms with Crippen molar-refractivity contribution in [3.8, 4) is 21.2 Å². The number of thiophene rings is 2. The molecule has 0 aliphatic carbocycles. The predicted octanol–water partition coefficient (Wildman–Crippen LogP) is 5.88. The second-order valence-corrected chi connectivity index (χ2v) is 11.5. The summed E-state index contributed by atoms with van der Waals surface area (Å²) in [6.07, 6.45) is 0. The zero-order valence-electron chi connectivity index (χ0n) is 11.8. The average molecular weight is 305 g/mol. The van der Waals surface area contributed by atoms with Crippen LogP contribution in [0.4, 0.5) is 0 Å². The number of rotatable bonds is 4. The monoisotopic (exact) mass is 304 g/mol. The zero-order chi connectivity index (χ0) is 13.7. The summed E-state index contributed by atoms with van der Waals surface area (Å²) in [5.74, 6) is 3.50. The summed E-state index contributed by atoms with van der Waals surface area (Å²) >= 11 is 3.60. The fraction of sp³-hybridized carbons (Fsp3) is 0.375. The van der Waals surface area contributed by atoms with Crippen molar-refractivity contribution in [2.45, 2.75) is 38.9 Å². The van der Waals surface area contributed by atoms with Gasteiger partial charge in [0.25, 0.3) is 0 Å². The summed E-state index contributed by atoms with van der Waals surface area (Å²) in [5, 5.41) is 4.29. The molecule has 0 amide bonds. The third kappa shape index (κ3) is 3.20. The van der Waals surface area contributed by atoms with E-state index >= 15 is 0 Å². The van der Waals surface area contributed by atoms with Gasteiger partial charge in [0.05, 0.1) is 4.88 Å². The molecule has 0 nitrogen and oxygen atoms in total. The molecule has 0 atom stereocenters. The highest BCUT2D eigenvalue weighted by Crippen LogP contribution is 2.32. The van der Waals surface area contributed by atoms with Crippen molar-refractivity contribution in [3.63, 3.8) is 0 Å². The highest BCUT2D eigenvalue weighted by molar-refractivity contribution is 7.20. The molecule has 0 unspecified atom stereocenters. The van der Waals surface area contributed by atoms with Gasteiger partial charge >= 0.3 is 0 Å². The van der Waals surface area contributed by atoms with Gasteiger partial charge in [0.1, 0.15) is 8.07 Å². The van der Waals surface area contributed by atoms with Crippen LogP contribution in [-0.4, -0.2) is 8.07 Å². The molecule has 0 saturated heterocycles. The molecule has 3 heteroatoms. The molecule has 100 valence electrons. The minimum atomic E-state index is -1.33. The molecular weight excluding hydrogens is 284 g/mol. The Morgan fingerprint density at radius 3 is 2.32 bits per heavy atom. The van der Waals surface area contributed by atoms with E-state index in [0.29, 0.717) is 0 Å². The fourth-order valence-electron chi connectivity index (χ4n) is 2.22. The molecule has 0 aliphatic rings. The van der Waals surface area contributed by atoms with Crippen LogP contribution in [0.3, 0.4) is 0 Å². The van der Waals surface area contributed by atoms with Crippen molar-refractivity contribution >= 4 is 30.7 Å². The van der Waals surface area contributed by atoms with Crippen molar-refractivity contribution in [1.29, 1.82) is 0 Å². The third-order valence-electron chi connectivity index (χ3n) is 3.90. The lowest BCUT2D eigenvalue weighted by Gasteiger charge is -2.19. The van der Waals surface area contributed by atoms with E-state index in [0.717, 1.165) is 0 Å². The van der Waals surface area contributed by atoms with Crippen LogP contribution in [0.2, 0.25) is 18.1 Å². The Bertz CT molecular complexity index is 557. The number of hydrogen-bond acceptors (Lipinski definition) is 2. The molecular formula is C16H20S2Si. The van der Waals surface area contributed by atoms with Crippen LogP contribution < -0.4 is 0 Å². The molecule has 0 radical (unpaired) electrons. The second kappa shape index (κ2) is 6.56. The molecule has 0 bridgehead atoms. The molecule has 0 saturated carbocycles. The second-order valence-electron chi connectivity index (χ2n) is 4.73. The highest BCUT2D eigenvalue weighted by atomic mass is 32.1. The van der Waals surface area contributed by atoms with E-state index < -0.39 is 8.07 Å². The van der Waals surface area contributed by atoms with E-state index in [4.69, 9.17) is 0 Å². The first-order chi connectivity index (χ1) is 9.24. The standard InChI is InChI=1S/C16H20S2Si/c1-4-19(5-2,6-3)13-10-14-9-12-18-16(14)15-8-7-11-17-15/h7-9,11-12H,4-6H2,1-3H3. The average Bonchev–Trinajstić information content (AvgIpc) is 3.11. The lowest BCUT2D eigenvalue weighted by Crippen LogP contribution is -2.29. The largest absolute Gasteiger partial charge is 0.143 e. The van der Waals surface area contributed by atoms with Crippen LogP contribution in [0.5, 0.6) is 0 Å². The molecule has 0 N–H and O–H groups in total. The Morgan fingerprint density at radius 1 is 1.00 bits per heavy atom. The smallest absolute Gasteiger partial charge is 0.138 e. The summed E-state index contributed by atoms with van der Waals surface area (Å²) in [5.41, 5.74) is 4.91. The van der Waals surface area contributed by atoms with Crippen LogP contribution in [0.25, 0.3) is 9.75 Å². The Kier molecular flexibility index (Phi) is 5.03. The van der Waals surface area contributed by atoms with Crippen LogP contribution >= 0.6 is 22.7 Å². The zero-order valence-corrected chi connectivity index (χ0v) is 14.5. The maximum Gasteiger partial charge on any atom is 0.138 e. The van der Waals surface area contributed by atoms with Crippen molar-refractivity contribution in [2.75, 3.05) is 0 Å². The first-order valence-corrected chi connectivity index (χ1v) is 11.3. The molecule has 2 aromatic rings. The van der Waals surface area contributed by atoms with Crippen molar-refractivity contribution in [2.24, 2.45) is 0 Å². The van der Waals surface area contributed by atoms with Gasteiger partial charge in [0.15, 0.2) is 0 Å². The Balaban J connectivity index is 2.33. The first-order valence-electron chi connectivity index (χ1n) is 6.89. The highest BCUT2D eigenvalue weighted by Gasteiger charge is 2.24. The van der Waals surface area contributed by atoms with E-state index in [9.17, 15) is 0 Å². The topological polar surface area (TPSA) is 0 Å². The van der Waals surface area contributed by atoms with Gasteiger partial charge in [0, 0.05) is 10.4 Å². The van der Waals surface area contributed by atoms with Gasteiger partial charge in [-0.25, -0.2) is 0 Å². The third-order valence-corrected chi connectivity index (χ3v) is 10.6. The van der Waals surface area contributed by atoms with Crippen LogP contribution in [-0.2, 0) is 0 Å². The molecule has 2 heterocycles. The number of hydrogen-bond donors (Lipinski definition) is 0. The summed E-state index contributed by atoms with van der Waals surface area (Å²) in [6, 6.07) is 10.3. The first kappa shape index (κ1) is 14.6. The Hall–Kier alpha value is -0.823. The fourth-order valence-corrected chi connectivity index (χ4v) is 6.39. The molecule has 2 rings (SSSR count). The van der Waals surface area contributed by atoms with Crippen molar-refractivity contribution in [1.82, 2.24) is 0 Å². The van der Waals surface area contributed by atoms with Gasteiger partial charge in [-0.3, -0.25) is 0 Å².